The summed E-state index contributed by atoms with van der Waals surface area (Å²) in [6, 6.07) is 8.68. The number of hydrogen-bond donors (Lipinski definition) is 1. The molecule has 0 aliphatic heterocycles. The van der Waals surface area contributed by atoms with Crippen LogP contribution in [-0.2, 0) is 11.3 Å². The quantitative estimate of drug-likeness (QED) is 0.895. The summed E-state index contributed by atoms with van der Waals surface area (Å²) in [5, 5.41) is 10.8. The highest BCUT2D eigenvalue weighted by Crippen LogP contribution is 2.12. The zero-order chi connectivity index (χ0) is 15.2. The second kappa shape index (κ2) is 6.91. The molecule has 1 amide bonds. The number of carbonyl (C=O) groups excluding carboxylic acids is 1. The fourth-order valence-electron chi connectivity index (χ4n) is 1.55. The third-order valence-corrected chi connectivity index (χ3v) is 2.50. The molecule has 20 heavy (non-hydrogen) atoms. The maximum absolute atomic E-state index is 11.9. The van der Waals surface area contributed by atoms with Crippen LogP contribution >= 0.6 is 0 Å². The molecular weight excluding hydrogens is 271 g/mol. The Morgan fingerprint density at radius 3 is 2.75 bits per heavy atom. The van der Waals surface area contributed by atoms with E-state index in [0.717, 1.165) is 5.56 Å². The van der Waals surface area contributed by atoms with Crippen molar-refractivity contribution in [3.8, 4) is 6.07 Å². The van der Waals surface area contributed by atoms with Crippen LogP contribution in [0.15, 0.2) is 24.3 Å². The van der Waals surface area contributed by atoms with E-state index >= 15 is 0 Å². The first-order valence-electron chi connectivity index (χ1n) is 5.82. The normalized spacial score (nSPS) is 10.9. The van der Waals surface area contributed by atoms with E-state index in [1.807, 2.05) is 11.4 Å². The van der Waals surface area contributed by atoms with Crippen LogP contribution in [0.25, 0.3) is 0 Å². The molecule has 0 fully saturated rings. The largest absolute Gasteiger partial charge is 0.401 e. The van der Waals surface area contributed by atoms with Crippen molar-refractivity contribution in [1.29, 1.82) is 5.26 Å². The van der Waals surface area contributed by atoms with Gasteiger partial charge < -0.3 is 10.2 Å². The van der Waals surface area contributed by atoms with Gasteiger partial charge in [0.2, 0.25) is 5.91 Å². The Kier molecular flexibility index (Phi) is 5.53. The van der Waals surface area contributed by atoms with E-state index in [4.69, 9.17) is 5.26 Å². The van der Waals surface area contributed by atoms with E-state index in [-0.39, 0.29) is 13.1 Å². The van der Waals surface area contributed by atoms with Crippen molar-refractivity contribution >= 4 is 5.91 Å². The van der Waals surface area contributed by atoms with E-state index in [9.17, 15) is 18.0 Å². The highest BCUT2D eigenvalue weighted by molar-refractivity contribution is 5.77. The Hall–Kier alpha value is -2.07. The van der Waals surface area contributed by atoms with Gasteiger partial charge in [0.25, 0.3) is 0 Å². The van der Waals surface area contributed by atoms with Crippen LogP contribution in [-0.4, -0.2) is 37.1 Å². The summed E-state index contributed by atoms with van der Waals surface area (Å²) >= 11 is 0. The van der Waals surface area contributed by atoms with Gasteiger partial charge in [0, 0.05) is 13.6 Å². The fourth-order valence-corrected chi connectivity index (χ4v) is 1.55. The minimum Gasteiger partial charge on any atom is -0.340 e. The number of nitriles is 1. The average Bonchev–Trinajstić information content (AvgIpc) is 2.37. The molecule has 0 aliphatic carbocycles. The lowest BCUT2D eigenvalue weighted by Crippen LogP contribution is -2.38. The number of hydrogen-bond acceptors (Lipinski definition) is 3. The lowest BCUT2D eigenvalue weighted by Gasteiger charge is -2.18. The van der Waals surface area contributed by atoms with Crippen LogP contribution < -0.4 is 5.32 Å². The predicted octanol–water partition coefficient (Wildman–Crippen LogP) is 1.67. The molecule has 0 radical (unpaired) electrons. The SMILES string of the molecule is CN(Cc1cccc(C#N)c1)C(=O)CNCC(F)(F)F. The maximum atomic E-state index is 11.9. The number of likely N-dealkylation sites (N-methyl/N-ethyl adjacent to an activating group) is 1. The Morgan fingerprint density at radius 1 is 1.45 bits per heavy atom. The van der Waals surface area contributed by atoms with E-state index in [1.165, 1.54) is 11.9 Å². The van der Waals surface area contributed by atoms with Gasteiger partial charge in [0.05, 0.1) is 24.7 Å². The molecule has 0 heterocycles. The average molecular weight is 285 g/mol. The number of amides is 1. The van der Waals surface area contributed by atoms with Gasteiger partial charge in [-0.1, -0.05) is 12.1 Å². The molecule has 1 rings (SSSR count). The monoisotopic (exact) mass is 285 g/mol. The van der Waals surface area contributed by atoms with E-state index in [2.05, 4.69) is 0 Å². The Morgan fingerprint density at radius 2 is 2.15 bits per heavy atom. The summed E-state index contributed by atoms with van der Waals surface area (Å²) in [4.78, 5) is 12.9. The van der Waals surface area contributed by atoms with Crippen molar-refractivity contribution in [3.05, 3.63) is 35.4 Å². The summed E-state index contributed by atoms with van der Waals surface area (Å²) in [6.45, 7) is -1.34. The van der Waals surface area contributed by atoms with E-state index < -0.39 is 18.6 Å². The van der Waals surface area contributed by atoms with Gasteiger partial charge in [-0.05, 0) is 17.7 Å². The van der Waals surface area contributed by atoms with Gasteiger partial charge in [-0.3, -0.25) is 4.79 Å². The smallest absolute Gasteiger partial charge is 0.340 e. The zero-order valence-corrected chi connectivity index (χ0v) is 10.9. The van der Waals surface area contributed by atoms with E-state index in [0.29, 0.717) is 5.56 Å². The molecule has 0 atom stereocenters. The number of nitrogens with zero attached hydrogens (tertiary/aromatic N) is 2. The van der Waals surface area contributed by atoms with Gasteiger partial charge in [0.1, 0.15) is 0 Å². The van der Waals surface area contributed by atoms with Gasteiger partial charge in [-0.2, -0.15) is 18.4 Å². The van der Waals surface area contributed by atoms with Gasteiger partial charge >= 0.3 is 6.18 Å². The molecular formula is C13H14F3N3O. The second-order valence-corrected chi connectivity index (χ2v) is 4.28. The third-order valence-electron chi connectivity index (χ3n) is 2.50. The molecule has 0 saturated heterocycles. The molecule has 0 spiro atoms. The summed E-state index contributed by atoms with van der Waals surface area (Å²) in [6.07, 6.45) is -4.33. The molecule has 1 aromatic carbocycles. The molecule has 1 N–H and O–H groups in total. The number of benzene rings is 1. The summed E-state index contributed by atoms with van der Waals surface area (Å²) in [5.74, 6) is -0.448. The second-order valence-electron chi connectivity index (χ2n) is 4.28. The molecule has 1 aromatic rings. The number of carbonyl (C=O) groups is 1. The van der Waals surface area contributed by atoms with Crippen LogP contribution in [0.1, 0.15) is 11.1 Å². The molecule has 7 heteroatoms. The highest BCUT2D eigenvalue weighted by Gasteiger charge is 2.26. The van der Waals surface area contributed by atoms with Crippen molar-refractivity contribution < 1.29 is 18.0 Å². The van der Waals surface area contributed by atoms with Crippen molar-refractivity contribution in [2.45, 2.75) is 12.7 Å². The molecule has 0 aromatic heterocycles. The third kappa shape index (κ3) is 5.71. The van der Waals surface area contributed by atoms with Crippen LogP contribution in [0.2, 0.25) is 0 Å². The van der Waals surface area contributed by atoms with Crippen molar-refractivity contribution in [3.63, 3.8) is 0 Å². The van der Waals surface area contributed by atoms with Crippen molar-refractivity contribution in [2.75, 3.05) is 20.1 Å². The highest BCUT2D eigenvalue weighted by atomic mass is 19.4. The number of alkyl halides is 3. The van der Waals surface area contributed by atoms with Gasteiger partial charge in [0.15, 0.2) is 0 Å². The standard InChI is InChI=1S/C13H14F3N3O/c1-19(12(20)7-18-9-13(14,15)16)8-11-4-2-3-10(5-11)6-17/h2-5,18H,7-9H2,1H3. The Balaban J connectivity index is 2.47. The zero-order valence-electron chi connectivity index (χ0n) is 10.9. The first-order valence-corrected chi connectivity index (χ1v) is 5.82. The van der Waals surface area contributed by atoms with Crippen LogP contribution in [0.5, 0.6) is 0 Å². The first-order chi connectivity index (χ1) is 9.31. The summed E-state index contributed by atoms with van der Waals surface area (Å²) < 4.78 is 35.8. The van der Waals surface area contributed by atoms with Crippen LogP contribution in [0.3, 0.4) is 0 Å². The number of halogens is 3. The Bertz CT molecular complexity index is 508. The topological polar surface area (TPSA) is 56.1 Å². The molecule has 0 unspecified atom stereocenters. The lowest BCUT2D eigenvalue weighted by atomic mass is 10.1. The number of rotatable bonds is 5. The molecule has 4 nitrogen and oxygen atoms in total. The predicted molar refractivity (Wildman–Crippen MR) is 66.6 cm³/mol. The molecule has 108 valence electrons. The maximum Gasteiger partial charge on any atom is 0.401 e. The summed E-state index contributed by atoms with van der Waals surface area (Å²) in [5.41, 5.74) is 1.22. The van der Waals surface area contributed by atoms with Crippen molar-refractivity contribution in [2.24, 2.45) is 0 Å². The van der Waals surface area contributed by atoms with Crippen molar-refractivity contribution in [1.82, 2.24) is 10.2 Å². The van der Waals surface area contributed by atoms with Crippen LogP contribution in [0.4, 0.5) is 13.2 Å². The Labute approximate surface area is 114 Å². The lowest BCUT2D eigenvalue weighted by molar-refractivity contribution is -0.133. The van der Waals surface area contributed by atoms with Gasteiger partial charge in [-0.25, -0.2) is 0 Å². The molecule has 0 aliphatic rings. The number of nitrogens with one attached hydrogen (secondary N) is 1. The minimum atomic E-state index is -4.33. The fraction of sp³-hybridized carbons (Fsp3) is 0.385. The van der Waals surface area contributed by atoms with Gasteiger partial charge in [-0.15, -0.1) is 0 Å². The first kappa shape index (κ1) is 16.0. The van der Waals surface area contributed by atoms with Crippen LogP contribution in [0, 0.1) is 11.3 Å². The summed E-state index contributed by atoms with van der Waals surface area (Å²) in [7, 11) is 1.50. The molecule has 0 saturated carbocycles. The minimum absolute atomic E-state index is 0.238. The molecule has 0 bridgehead atoms. The van der Waals surface area contributed by atoms with E-state index in [1.54, 1.807) is 24.3 Å².